The largest absolute Gasteiger partial charge is 0.478 e. The van der Waals surface area contributed by atoms with E-state index in [4.69, 9.17) is 5.11 Å². The molecule has 0 amide bonds. The van der Waals surface area contributed by atoms with E-state index in [1.54, 1.807) is 6.92 Å². The predicted molar refractivity (Wildman–Crippen MR) is 71.6 cm³/mol. The van der Waals surface area contributed by atoms with Gasteiger partial charge in [-0.1, -0.05) is 15.9 Å². The van der Waals surface area contributed by atoms with Gasteiger partial charge >= 0.3 is 5.97 Å². The third-order valence-electron chi connectivity index (χ3n) is 2.64. The van der Waals surface area contributed by atoms with Crippen LogP contribution in [0.3, 0.4) is 0 Å². The molecule has 0 spiro atoms. The molecule has 18 heavy (non-hydrogen) atoms. The van der Waals surface area contributed by atoms with Gasteiger partial charge in [0, 0.05) is 16.2 Å². The van der Waals surface area contributed by atoms with Crippen LogP contribution >= 0.6 is 15.9 Å². The number of aromatic carboxylic acids is 1. The Bertz CT molecular complexity index is 626. The van der Waals surface area contributed by atoms with Crippen molar-refractivity contribution >= 4 is 21.9 Å². The van der Waals surface area contributed by atoms with Crippen LogP contribution in [-0.4, -0.2) is 21.0 Å². The number of hydrogen-bond acceptors (Lipinski definition) is 3. The third kappa shape index (κ3) is 2.41. The zero-order valence-corrected chi connectivity index (χ0v) is 11.5. The number of rotatable bonds is 2. The molecule has 0 fully saturated rings. The van der Waals surface area contributed by atoms with Crippen LogP contribution in [0, 0.1) is 13.8 Å². The number of benzene rings is 1. The van der Waals surface area contributed by atoms with E-state index in [1.807, 2.05) is 25.1 Å². The first-order chi connectivity index (χ1) is 8.49. The second kappa shape index (κ2) is 4.86. The molecule has 1 aromatic carbocycles. The molecule has 1 aromatic heterocycles. The molecule has 0 aliphatic heterocycles. The Morgan fingerprint density at radius 1 is 1.33 bits per heavy atom. The summed E-state index contributed by atoms with van der Waals surface area (Å²) in [4.78, 5) is 19.3. The maximum Gasteiger partial charge on any atom is 0.339 e. The summed E-state index contributed by atoms with van der Waals surface area (Å²) in [6.07, 6.45) is 1.35. The van der Waals surface area contributed by atoms with Crippen molar-refractivity contribution in [2.45, 2.75) is 13.8 Å². The van der Waals surface area contributed by atoms with E-state index in [9.17, 15) is 4.79 Å². The molecule has 0 bridgehead atoms. The lowest BCUT2D eigenvalue weighted by molar-refractivity contribution is 0.0695. The molecule has 0 unspecified atom stereocenters. The highest BCUT2D eigenvalue weighted by atomic mass is 79.9. The van der Waals surface area contributed by atoms with Crippen molar-refractivity contribution in [3.05, 3.63) is 45.7 Å². The standard InChI is InChI=1S/C13H11BrN2O2/c1-7-5-9(14)3-4-10(7)12-15-6-11(13(17)18)8(2)16-12/h3-6H,1-2H3,(H,17,18). The number of carbonyl (C=O) groups is 1. The lowest BCUT2D eigenvalue weighted by Crippen LogP contribution is -2.04. The normalized spacial score (nSPS) is 10.4. The molecule has 0 aliphatic carbocycles. The summed E-state index contributed by atoms with van der Waals surface area (Å²) in [5.74, 6) is -0.464. The van der Waals surface area contributed by atoms with Gasteiger partial charge in [0.1, 0.15) is 0 Å². The number of nitrogens with zero attached hydrogens (tertiary/aromatic N) is 2. The maximum absolute atomic E-state index is 10.9. The highest BCUT2D eigenvalue weighted by Gasteiger charge is 2.12. The van der Waals surface area contributed by atoms with E-state index < -0.39 is 5.97 Å². The highest BCUT2D eigenvalue weighted by molar-refractivity contribution is 9.10. The van der Waals surface area contributed by atoms with Gasteiger partial charge in [0.2, 0.25) is 0 Å². The Balaban J connectivity index is 2.52. The Morgan fingerprint density at radius 2 is 2.06 bits per heavy atom. The molecular formula is C13H11BrN2O2. The minimum atomic E-state index is -1.01. The van der Waals surface area contributed by atoms with Crippen LogP contribution in [-0.2, 0) is 0 Å². The number of aryl methyl sites for hydroxylation is 2. The molecule has 4 nitrogen and oxygen atoms in total. The van der Waals surface area contributed by atoms with Crippen LogP contribution in [0.4, 0.5) is 0 Å². The van der Waals surface area contributed by atoms with E-state index in [0.717, 1.165) is 15.6 Å². The second-order valence-corrected chi connectivity index (χ2v) is 4.87. The van der Waals surface area contributed by atoms with Crippen LogP contribution in [0.15, 0.2) is 28.9 Å². The smallest absolute Gasteiger partial charge is 0.339 e. The number of hydrogen-bond donors (Lipinski definition) is 1. The zero-order valence-electron chi connectivity index (χ0n) is 9.94. The van der Waals surface area contributed by atoms with Crippen molar-refractivity contribution in [2.75, 3.05) is 0 Å². The van der Waals surface area contributed by atoms with Crippen molar-refractivity contribution in [1.29, 1.82) is 0 Å². The average Bonchev–Trinajstić information content (AvgIpc) is 2.28. The van der Waals surface area contributed by atoms with Gasteiger partial charge < -0.3 is 5.11 Å². The molecule has 2 rings (SSSR count). The van der Waals surface area contributed by atoms with Gasteiger partial charge in [-0.25, -0.2) is 14.8 Å². The summed E-state index contributed by atoms with van der Waals surface area (Å²) < 4.78 is 0.989. The fourth-order valence-electron chi connectivity index (χ4n) is 1.68. The lowest BCUT2D eigenvalue weighted by atomic mass is 10.1. The Hall–Kier alpha value is -1.75. The van der Waals surface area contributed by atoms with Gasteiger partial charge in [-0.3, -0.25) is 0 Å². The quantitative estimate of drug-likeness (QED) is 0.925. The Kier molecular flexibility index (Phi) is 3.43. The topological polar surface area (TPSA) is 63.1 Å². The Morgan fingerprint density at radius 3 is 2.61 bits per heavy atom. The van der Waals surface area contributed by atoms with E-state index in [1.165, 1.54) is 6.20 Å². The number of aromatic nitrogens is 2. The summed E-state index contributed by atoms with van der Waals surface area (Å²) in [5.41, 5.74) is 2.54. The highest BCUT2D eigenvalue weighted by Crippen LogP contribution is 2.23. The fourth-order valence-corrected chi connectivity index (χ4v) is 2.16. The monoisotopic (exact) mass is 306 g/mol. The molecule has 0 atom stereocenters. The van der Waals surface area contributed by atoms with Gasteiger partial charge in [-0.2, -0.15) is 0 Å². The van der Waals surface area contributed by atoms with E-state index in [2.05, 4.69) is 25.9 Å². The zero-order chi connectivity index (χ0) is 13.3. The summed E-state index contributed by atoms with van der Waals surface area (Å²) in [6, 6.07) is 5.79. The summed E-state index contributed by atoms with van der Waals surface area (Å²) in [6.45, 7) is 3.63. The van der Waals surface area contributed by atoms with Crippen molar-refractivity contribution in [2.24, 2.45) is 0 Å². The molecule has 0 saturated heterocycles. The van der Waals surface area contributed by atoms with Crippen molar-refractivity contribution in [1.82, 2.24) is 9.97 Å². The fraction of sp³-hybridized carbons (Fsp3) is 0.154. The van der Waals surface area contributed by atoms with E-state index in [0.29, 0.717) is 11.5 Å². The first kappa shape index (κ1) is 12.7. The van der Waals surface area contributed by atoms with E-state index in [-0.39, 0.29) is 5.56 Å². The summed E-state index contributed by atoms with van der Waals surface area (Å²) in [7, 11) is 0. The van der Waals surface area contributed by atoms with Gasteiger partial charge in [-0.15, -0.1) is 0 Å². The van der Waals surface area contributed by atoms with Crippen molar-refractivity contribution in [3.8, 4) is 11.4 Å². The van der Waals surface area contributed by atoms with Crippen molar-refractivity contribution in [3.63, 3.8) is 0 Å². The first-order valence-corrected chi connectivity index (χ1v) is 6.12. The Labute approximate surface area is 113 Å². The van der Waals surface area contributed by atoms with Gasteiger partial charge in [0.05, 0.1) is 11.3 Å². The van der Waals surface area contributed by atoms with Gasteiger partial charge in [0.25, 0.3) is 0 Å². The lowest BCUT2D eigenvalue weighted by Gasteiger charge is -2.07. The number of carboxylic acids is 1. The van der Waals surface area contributed by atoms with E-state index >= 15 is 0 Å². The van der Waals surface area contributed by atoms with Gasteiger partial charge in [-0.05, 0) is 37.6 Å². The average molecular weight is 307 g/mol. The minimum Gasteiger partial charge on any atom is -0.478 e. The molecule has 92 valence electrons. The molecular weight excluding hydrogens is 296 g/mol. The maximum atomic E-state index is 10.9. The summed E-state index contributed by atoms with van der Waals surface area (Å²) >= 11 is 3.40. The number of halogens is 1. The van der Waals surface area contributed by atoms with Crippen LogP contribution < -0.4 is 0 Å². The minimum absolute atomic E-state index is 0.133. The third-order valence-corrected chi connectivity index (χ3v) is 3.13. The molecule has 1 N–H and O–H groups in total. The SMILES string of the molecule is Cc1cc(Br)ccc1-c1ncc(C(=O)O)c(C)n1. The first-order valence-electron chi connectivity index (χ1n) is 5.32. The van der Waals surface area contributed by atoms with Crippen LogP contribution in [0.25, 0.3) is 11.4 Å². The van der Waals surface area contributed by atoms with Crippen LogP contribution in [0.2, 0.25) is 0 Å². The summed E-state index contributed by atoms with van der Waals surface area (Å²) in [5, 5.41) is 8.93. The predicted octanol–water partition coefficient (Wildman–Crippen LogP) is 3.22. The molecule has 2 aromatic rings. The van der Waals surface area contributed by atoms with Crippen molar-refractivity contribution < 1.29 is 9.90 Å². The second-order valence-electron chi connectivity index (χ2n) is 3.96. The van der Waals surface area contributed by atoms with Crippen LogP contribution in [0.5, 0.6) is 0 Å². The van der Waals surface area contributed by atoms with Gasteiger partial charge in [0.15, 0.2) is 5.82 Å². The molecule has 0 saturated carbocycles. The molecule has 0 aliphatic rings. The molecule has 0 radical (unpaired) electrons. The van der Waals surface area contributed by atoms with Crippen LogP contribution in [0.1, 0.15) is 21.6 Å². The molecule has 1 heterocycles. The molecule has 5 heteroatoms. The number of carboxylic acid groups (broad SMARTS) is 1.